The van der Waals surface area contributed by atoms with Gasteiger partial charge < -0.3 is 15.2 Å². The Balaban J connectivity index is 2.23. The summed E-state index contributed by atoms with van der Waals surface area (Å²) in [7, 11) is -2.76. The second-order valence-electron chi connectivity index (χ2n) is 5.03. The number of sulfonamides is 1. The van der Waals surface area contributed by atoms with Crippen molar-refractivity contribution in [2.75, 3.05) is 17.1 Å². The molecule has 0 fully saturated rings. The molecule has 25 heavy (non-hydrogen) atoms. The fourth-order valence-electron chi connectivity index (χ4n) is 1.99. The molecule has 0 aliphatic carbocycles. The highest BCUT2D eigenvalue weighted by Gasteiger charge is 2.17. The number of amides is 1. The van der Waals surface area contributed by atoms with E-state index in [1.807, 2.05) is 0 Å². The number of rotatable bonds is 5. The molecule has 2 aromatic carbocycles. The minimum Gasteiger partial charge on any atom is -0.506 e. The molecule has 0 aliphatic heterocycles. The number of hydrogen-bond donors (Lipinski definition) is 3. The molecule has 0 heterocycles. The van der Waals surface area contributed by atoms with Gasteiger partial charge in [0.05, 0.1) is 23.3 Å². The van der Waals surface area contributed by atoms with E-state index in [9.17, 15) is 23.1 Å². The normalized spacial score (nSPS) is 10.8. The lowest BCUT2D eigenvalue weighted by molar-refractivity contribution is -0.114. The summed E-state index contributed by atoms with van der Waals surface area (Å²) in [5, 5.41) is 12.4. The Bertz CT molecular complexity index is 907. The summed E-state index contributed by atoms with van der Waals surface area (Å²) in [6.07, 6.45) is 0. The Kier molecular flexibility index (Phi) is 5.28. The standard InChI is InChI=1S/C16H16N2O6S/c1-10(19)17-12-4-6-13(7-5-12)25(22,23)18-14-8-3-11(9-15(14)20)16(21)24-2/h3-9,18,20H,1-2H3,(H,17,19). The summed E-state index contributed by atoms with van der Waals surface area (Å²) in [6, 6.07) is 9.19. The summed E-state index contributed by atoms with van der Waals surface area (Å²) in [5.74, 6) is -1.34. The van der Waals surface area contributed by atoms with Crippen LogP contribution in [0.3, 0.4) is 0 Å². The van der Waals surface area contributed by atoms with Crippen molar-refractivity contribution in [3.8, 4) is 5.75 Å². The second kappa shape index (κ2) is 7.22. The molecule has 1 amide bonds. The maximum absolute atomic E-state index is 12.4. The third-order valence-electron chi connectivity index (χ3n) is 3.15. The molecule has 0 bridgehead atoms. The molecule has 0 unspecified atom stereocenters. The van der Waals surface area contributed by atoms with Crippen LogP contribution in [0.2, 0.25) is 0 Å². The van der Waals surface area contributed by atoms with Crippen LogP contribution in [0.25, 0.3) is 0 Å². The average molecular weight is 364 g/mol. The SMILES string of the molecule is COC(=O)c1ccc(NS(=O)(=O)c2ccc(NC(C)=O)cc2)c(O)c1. The number of phenolic OH excluding ortho intramolecular Hbond substituents is 1. The van der Waals surface area contributed by atoms with Gasteiger partial charge in [0.2, 0.25) is 5.91 Å². The number of aromatic hydroxyl groups is 1. The van der Waals surface area contributed by atoms with E-state index < -0.39 is 21.7 Å². The van der Waals surface area contributed by atoms with E-state index in [1.165, 1.54) is 50.4 Å². The Labute approximate surface area is 144 Å². The Morgan fingerprint density at radius 1 is 1.08 bits per heavy atom. The van der Waals surface area contributed by atoms with E-state index in [-0.39, 0.29) is 22.1 Å². The number of methoxy groups -OCH3 is 1. The molecule has 2 rings (SSSR count). The van der Waals surface area contributed by atoms with Gasteiger partial charge in [0.15, 0.2) is 0 Å². The highest BCUT2D eigenvalue weighted by Crippen LogP contribution is 2.27. The lowest BCUT2D eigenvalue weighted by Gasteiger charge is -2.11. The van der Waals surface area contributed by atoms with Crippen LogP contribution in [0, 0.1) is 0 Å². The van der Waals surface area contributed by atoms with Gasteiger partial charge in [0, 0.05) is 12.6 Å². The van der Waals surface area contributed by atoms with Crippen LogP contribution < -0.4 is 10.0 Å². The quantitative estimate of drug-likeness (QED) is 0.550. The van der Waals surface area contributed by atoms with Crippen molar-refractivity contribution in [3.63, 3.8) is 0 Å². The second-order valence-corrected chi connectivity index (χ2v) is 6.72. The van der Waals surface area contributed by atoms with Crippen molar-refractivity contribution in [1.82, 2.24) is 0 Å². The van der Waals surface area contributed by atoms with Gasteiger partial charge in [-0.05, 0) is 42.5 Å². The summed E-state index contributed by atoms with van der Waals surface area (Å²) < 4.78 is 31.5. The number of ether oxygens (including phenoxy) is 1. The van der Waals surface area contributed by atoms with Crippen LogP contribution in [0.4, 0.5) is 11.4 Å². The minimum absolute atomic E-state index is 0.0574. The van der Waals surface area contributed by atoms with Crippen molar-refractivity contribution in [1.29, 1.82) is 0 Å². The molecule has 9 heteroatoms. The third kappa shape index (κ3) is 4.48. The molecule has 8 nitrogen and oxygen atoms in total. The summed E-state index contributed by atoms with van der Waals surface area (Å²) >= 11 is 0. The average Bonchev–Trinajstić information content (AvgIpc) is 2.55. The highest BCUT2D eigenvalue weighted by molar-refractivity contribution is 7.92. The van der Waals surface area contributed by atoms with Gasteiger partial charge in [0.25, 0.3) is 10.0 Å². The molecule has 0 aliphatic rings. The highest BCUT2D eigenvalue weighted by atomic mass is 32.2. The van der Waals surface area contributed by atoms with Gasteiger partial charge in [-0.1, -0.05) is 0 Å². The van der Waals surface area contributed by atoms with E-state index in [2.05, 4.69) is 14.8 Å². The number of carbonyl (C=O) groups excluding carboxylic acids is 2. The third-order valence-corrected chi connectivity index (χ3v) is 4.53. The van der Waals surface area contributed by atoms with Crippen molar-refractivity contribution >= 4 is 33.3 Å². The summed E-state index contributed by atoms with van der Waals surface area (Å²) in [5.41, 5.74) is 0.456. The molecule has 3 N–H and O–H groups in total. The maximum Gasteiger partial charge on any atom is 0.337 e. The van der Waals surface area contributed by atoms with Crippen molar-refractivity contribution in [2.24, 2.45) is 0 Å². The van der Waals surface area contributed by atoms with Crippen LogP contribution in [-0.4, -0.2) is 32.5 Å². The van der Waals surface area contributed by atoms with Gasteiger partial charge in [0.1, 0.15) is 5.75 Å². The topological polar surface area (TPSA) is 122 Å². The molecule has 0 spiro atoms. The van der Waals surface area contributed by atoms with Gasteiger partial charge in [-0.25, -0.2) is 13.2 Å². The molecular weight excluding hydrogens is 348 g/mol. The van der Waals surface area contributed by atoms with E-state index in [1.54, 1.807) is 0 Å². The summed E-state index contributed by atoms with van der Waals surface area (Å²) in [4.78, 5) is 22.3. The first-order valence-corrected chi connectivity index (χ1v) is 8.53. The first-order chi connectivity index (χ1) is 11.7. The van der Waals surface area contributed by atoms with E-state index >= 15 is 0 Å². The lowest BCUT2D eigenvalue weighted by atomic mass is 10.2. The molecular formula is C16H16N2O6S. The van der Waals surface area contributed by atoms with Crippen molar-refractivity contribution in [2.45, 2.75) is 11.8 Å². The van der Waals surface area contributed by atoms with Crippen LogP contribution in [0.5, 0.6) is 5.75 Å². The zero-order valence-electron chi connectivity index (χ0n) is 13.4. The number of carbonyl (C=O) groups is 2. The monoisotopic (exact) mass is 364 g/mol. The van der Waals surface area contributed by atoms with Gasteiger partial charge in [-0.3, -0.25) is 9.52 Å². The number of phenols is 1. The number of hydrogen-bond acceptors (Lipinski definition) is 6. The van der Waals surface area contributed by atoms with Crippen LogP contribution in [-0.2, 0) is 19.6 Å². The Hall–Kier alpha value is -3.07. The first-order valence-electron chi connectivity index (χ1n) is 7.05. The predicted molar refractivity (Wildman–Crippen MR) is 91.0 cm³/mol. The van der Waals surface area contributed by atoms with Gasteiger partial charge >= 0.3 is 5.97 Å². The molecule has 0 radical (unpaired) electrons. The predicted octanol–water partition coefficient (Wildman–Crippen LogP) is 1.94. The van der Waals surface area contributed by atoms with Crippen molar-refractivity contribution < 1.29 is 27.9 Å². The molecule has 0 atom stereocenters. The van der Waals surface area contributed by atoms with E-state index in [4.69, 9.17) is 0 Å². The Morgan fingerprint density at radius 2 is 1.72 bits per heavy atom. The molecule has 0 saturated heterocycles. The van der Waals surface area contributed by atoms with Gasteiger partial charge in [-0.15, -0.1) is 0 Å². The zero-order chi connectivity index (χ0) is 18.6. The van der Waals surface area contributed by atoms with Crippen LogP contribution in [0.15, 0.2) is 47.4 Å². The zero-order valence-corrected chi connectivity index (χ0v) is 14.3. The first kappa shape index (κ1) is 18.3. The summed E-state index contributed by atoms with van der Waals surface area (Å²) in [6.45, 7) is 1.34. The number of nitrogens with one attached hydrogen (secondary N) is 2. The van der Waals surface area contributed by atoms with Gasteiger partial charge in [-0.2, -0.15) is 0 Å². The minimum atomic E-state index is -3.96. The largest absolute Gasteiger partial charge is 0.506 e. The number of benzene rings is 2. The number of anilines is 2. The molecule has 132 valence electrons. The molecule has 2 aromatic rings. The smallest absolute Gasteiger partial charge is 0.337 e. The lowest BCUT2D eigenvalue weighted by Crippen LogP contribution is -2.13. The number of esters is 1. The maximum atomic E-state index is 12.4. The van der Waals surface area contributed by atoms with Crippen molar-refractivity contribution in [3.05, 3.63) is 48.0 Å². The van der Waals surface area contributed by atoms with Crippen LogP contribution in [0.1, 0.15) is 17.3 Å². The Morgan fingerprint density at radius 3 is 2.24 bits per heavy atom. The fraction of sp³-hybridized carbons (Fsp3) is 0.125. The van der Waals surface area contributed by atoms with Crippen LogP contribution >= 0.6 is 0 Å². The molecule has 0 aromatic heterocycles. The van der Waals surface area contributed by atoms with E-state index in [0.29, 0.717) is 5.69 Å². The fourth-order valence-corrected chi connectivity index (χ4v) is 3.06. The van der Waals surface area contributed by atoms with E-state index in [0.717, 1.165) is 6.07 Å². The molecule has 0 saturated carbocycles.